The molecule has 0 spiro atoms. The van der Waals surface area contributed by atoms with Crippen molar-refractivity contribution in [2.75, 3.05) is 18.5 Å². The van der Waals surface area contributed by atoms with Crippen LogP contribution in [0.2, 0.25) is 5.02 Å². The molecule has 0 bridgehead atoms. The summed E-state index contributed by atoms with van der Waals surface area (Å²) >= 11 is 5.80. The maximum absolute atomic E-state index is 12.1. The minimum atomic E-state index is 0.0218. The average Bonchev–Trinajstić information content (AvgIpc) is 2.48. The van der Waals surface area contributed by atoms with E-state index < -0.39 is 0 Å². The molecule has 2 aromatic rings. The number of nitriles is 1. The molecule has 100 valence electrons. The van der Waals surface area contributed by atoms with Gasteiger partial charge in [0.25, 0.3) is 0 Å². The van der Waals surface area contributed by atoms with Gasteiger partial charge in [-0.25, -0.2) is 0 Å². The molecule has 3 nitrogen and oxygen atoms in total. The number of hydrogen-bond acceptors (Lipinski definition) is 3. The summed E-state index contributed by atoms with van der Waals surface area (Å²) in [6.45, 7) is 0.271. The maximum Gasteiger partial charge on any atom is 0.182 e. The number of carbonyl (C=O) groups excluding carboxylic acids is 1. The Labute approximate surface area is 123 Å². The average molecular weight is 285 g/mol. The lowest BCUT2D eigenvalue weighted by molar-refractivity contribution is 0.100. The van der Waals surface area contributed by atoms with E-state index in [0.717, 1.165) is 5.69 Å². The molecule has 0 atom stereocenters. The molecule has 20 heavy (non-hydrogen) atoms. The Kier molecular flexibility index (Phi) is 4.39. The fourth-order valence-electron chi connectivity index (χ4n) is 1.82. The third kappa shape index (κ3) is 3.37. The largest absolute Gasteiger partial charge is 0.367 e. The van der Waals surface area contributed by atoms with E-state index in [-0.39, 0.29) is 12.3 Å². The summed E-state index contributed by atoms with van der Waals surface area (Å²) in [5.74, 6) is 0.0218. The van der Waals surface area contributed by atoms with Gasteiger partial charge in [0.1, 0.15) is 0 Å². The summed E-state index contributed by atoms with van der Waals surface area (Å²) < 4.78 is 0. The van der Waals surface area contributed by atoms with Crippen LogP contribution >= 0.6 is 11.6 Å². The molecule has 2 aromatic carbocycles. The van der Waals surface area contributed by atoms with Gasteiger partial charge in [0.05, 0.1) is 18.2 Å². The normalized spacial score (nSPS) is 9.85. The van der Waals surface area contributed by atoms with Crippen LogP contribution in [0.5, 0.6) is 0 Å². The van der Waals surface area contributed by atoms with Gasteiger partial charge in [-0.05, 0) is 48.5 Å². The van der Waals surface area contributed by atoms with E-state index >= 15 is 0 Å². The molecule has 0 unspecified atom stereocenters. The summed E-state index contributed by atoms with van der Waals surface area (Å²) in [5.41, 5.74) is 2.13. The molecule has 0 aliphatic rings. The van der Waals surface area contributed by atoms with Crippen molar-refractivity contribution in [1.82, 2.24) is 0 Å². The van der Waals surface area contributed by atoms with Crippen LogP contribution in [0, 0.1) is 11.3 Å². The van der Waals surface area contributed by atoms with Gasteiger partial charge in [0.2, 0.25) is 0 Å². The third-order valence-electron chi connectivity index (χ3n) is 2.98. The molecular formula is C16H13ClN2O. The van der Waals surface area contributed by atoms with Crippen LogP contribution in [0.4, 0.5) is 5.69 Å². The van der Waals surface area contributed by atoms with E-state index in [4.69, 9.17) is 16.9 Å². The fraction of sp³-hybridized carbons (Fsp3) is 0.125. The van der Waals surface area contributed by atoms with E-state index in [1.807, 2.05) is 24.1 Å². The Balaban J connectivity index is 2.06. The predicted molar refractivity (Wildman–Crippen MR) is 80.2 cm³/mol. The first-order valence-corrected chi connectivity index (χ1v) is 6.48. The first-order chi connectivity index (χ1) is 9.60. The molecule has 0 radical (unpaired) electrons. The number of halogens is 1. The molecule has 0 aliphatic heterocycles. The van der Waals surface area contributed by atoms with Gasteiger partial charge in [0, 0.05) is 23.3 Å². The second kappa shape index (κ2) is 6.23. The van der Waals surface area contributed by atoms with Crippen LogP contribution in [-0.4, -0.2) is 19.4 Å². The minimum Gasteiger partial charge on any atom is -0.367 e. The molecule has 0 fully saturated rings. The van der Waals surface area contributed by atoms with E-state index in [2.05, 4.69) is 6.07 Å². The standard InChI is InChI=1S/C16H13ClN2O/c1-19(15-8-2-12(10-18)3-9-15)11-16(20)13-4-6-14(17)7-5-13/h2-9H,11H2,1H3. The van der Waals surface area contributed by atoms with Gasteiger partial charge in [0.15, 0.2) is 5.78 Å². The number of anilines is 1. The Hall–Kier alpha value is -2.31. The number of likely N-dealkylation sites (N-methyl/N-ethyl adjacent to an activating group) is 1. The summed E-state index contributed by atoms with van der Waals surface area (Å²) in [5, 5.41) is 9.37. The third-order valence-corrected chi connectivity index (χ3v) is 3.24. The van der Waals surface area contributed by atoms with Crippen molar-refractivity contribution < 1.29 is 4.79 Å². The predicted octanol–water partition coefficient (Wildman–Crippen LogP) is 3.53. The zero-order valence-electron chi connectivity index (χ0n) is 11.0. The van der Waals surface area contributed by atoms with Crippen molar-refractivity contribution in [1.29, 1.82) is 5.26 Å². The van der Waals surface area contributed by atoms with Crippen molar-refractivity contribution in [3.05, 3.63) is 64.7 Å². The smallest absolute Gasteiger partial charge is 0.182 e. The van der Waals surface area contributed by atoms with Crippen LogP contribution < -0.4 is 4.90 Å². The molecule has 0 aliphatic carbocycles. The number of carbonyl (C=O) groups is 1. The van der Waals surface area contributed by atoms with Gasteiger partial charge < -0.3 is 4.90 Å². The number of nitrogens with zero attached hydrogens (tertiary/aromatic N) is 2. The SMILES string of the molecule is CN(CC(=O)c1ccc(Cl)cc1)c1ccc(C#N)cc1. The monoisotopic (exact) mass is 284 g/mol. The van der Waals surface area contributed by atoms with Crippen LogP contribution in [0.25, 0.3) is 0 Å². The molecule has 0 heterocycles. The van der Waals surface area contributed by atoms with Crippen molar-refractivity contribution in [3.63, 3.8) is 0 Å². The molecule has 0 saturated heterocycles. The maximum atomic E-state index is 12.1. The highest BCUT2D eigenvalue weighted by molar-refractivity contribution is 6.30. The van der Waals surface area contributed by atoms with Gasteiger partial charge in [-0.15, -0.1) is 0 Å². The zero-order valence-corrected chi connectivity index (χ0v) is 11.8. The molecule has 0 aromatic heterocycles. The number of ketones is 1. The van der Waals surface area contributed by atoms with E-state index in [0.29, 0.717) is 16.1 Å². The van der Waals surface area contributed by atoms with Crippen molar-refractivity contribution in [2.45, 2.75) is 0 Å². The topological polar surface area (TPSA) is 44.1 Å². The lowest BCUT2D eigenvalue weighted by Crippen LogP contribution is -2.25. The van der Waals surface area contributed by atoms with Gasteiger partial charge in [-0.2, -0.15) is 5.26 Å². The number of rotatable bonds is 4. The van der Waals surface area contributed by atoms with Crippen LogP contribution in [-0.2, 0) is 0 Å². The molecule has 0 amide bonds. The summed E-state index contributed by atoms with van der Waals surface area (Å²) in [6.07, 6.45) is 0. The first kappa shape index (κ1) is 14.1. The Morgan fingerprint density at radius 2 is 1.75 bits per heavy atom. The second-order valence-corrected chi connectivity index (χ2v) is 4.88. The van der Waals surface area contributed by atoms with E-state index in [9.17, 15) is 4.79 Å². The highest BCUT2D eigenvalue weighted by Crippen LogP contribution is 2.15. The Morgan fingerprint density at radius 1 is 1.15 bits per heavy atom. The van der Waals surface area contributed by atoms with Gasteiger partial charge in [-0.1, -0.05) is 11.6 Å². The van der Waals surface area contributed by atoms with Gasteiger partial charge in [-0.3, -0.25) is 4.79 Å². The first-order valence-electron chi connectivity index (χ1n) is 6.10. The van der Waals surface area contributed by atoms with Crippen LogP contribution in [0.15, 0.2) is 48.5 Å². The van der Waals surface area contributed by atoms with Crippen molar-refractivity contribution >= 4 is 23.1 Å². The minimum absolute atomic E-state index is 0.0218. The Bertz CT molecular complexity index is 642. The van der Waals surface area contributed by atoms with Crippen LogP contribution in [0.1, 0.15) is 15.9 Å². The van der Waals surface area contributed by atoms with Gasteiger partial charge >= 0.3 is 0 Å². The second-order valence-electron chi connectivity index (χ2n) is 4.44. The molecule has 0 N–H and O–H groups in total. The molecular weight excluding hydrogens is 272 g/mol. The van der Waals surface area contributed by atoms with E-state index in [1.54, 1.807) is 36.4 Å². The molecule has 4 heteroatoms. The lowest BCUT2D eigenvalue weighted by Gasteiger charge is -2.18. The highest BCUT2D eigenvalue weighted by atomic mass is 35.5. The lowest BCUT2D eigenvalue weighted by atomic mass is 10.1. The highest BCUT2D eigenvalue weighted by Gasteiger charge is 2.10. The zero-order chi connectivity index (χ0) is 14.5. The number of Topliss-reactive ketones (excluding diaryl/α,β-unsaturated/α-hetero) is 1. The fourth-order valence-corrected chi connectivity index (χ4v) is 1.95. The quantitative estimate of drug-likeness (QED) is 0.807. The summed E-state index contributed by atoms with van der Waals surface area (Å²) in [7, 11) is 1.84. The summed E-state index contributed by atoms with van der Waals surface area (Å²) in [6, 6.07) is 16.0. The summed E-state index contributed by atoms with van der Waals surface area (Å²) in [4.78, 5) is 14.0. The Morgan fingerprint density at radius 3 is 2.30 bits per heavy atom. The number of benzene rings is 2. The van der Waals surface area contributed by atoms with E-state index in [1.165, 1.54) is 0 Å². The van der Waals surface area contributed by atoms with Crippen molar-refractivity contribution in [2.24, 2.45) is 0 Å². The van der Waals surface area contributed by atoms with Crippen LogP contribution in [0.3, 0.4) is 0 Å². The number of hydrogen-bond donors (Lipinski definition) is 0. The molecule has 0 saturated carbocycles. The van der Waals surface area contributed by atoms with Crippen molar-refractivity contribution in [3.8, 4) is 6.07 Å². The molecule has 2 rings (SSSR count).